The van der Waals surface area contributed by atoms with Crippen molar-refractivity contribution in [2.24, 2.45) is 0 Å². The molecule has 0 aromatic heterocycles. The third-order valence-electron chi connectivity index (χ3n) is 3.20. The number of benzene rings is 1. The molecule has 1 saturated heterocycles. The molecule has 1 aromatic carbocycles. The molecular weight excluding hydrogens is 262 g/mol. The molecule has 2 nitrogen and oxygen atoms in total. The van der Waals surface area contributed by atoms with E-state index in [-0.39, 0.29) is 17.8 Å². The number of nitrogens with one attached hydrogen (secondary N) is 1. The summed E-state index contributed by atoms with van der Waals surface area (Å²) in [5.41, 5.74) is -0.920. The standard InChI is InChI=1S/C13H15F4NO/c1-8(12-3-2-6-19-12)18-11-5-4-9(7-10(11)14)13(15,16)17/h4-5,7-8,12,18H,2-3,6H2,1H3. The maximum atomic E-state index is 13.6. The second-order valence-corrected chi connectivity index (χ2v) is 4.68. The molecule has 2 atom stereocenters. The molecule has 1 aromatic rings. The van der Waals surface area contributed by atoms with Crippen LogP contribution >= 0.6 is 0 Å². The minimum atomic E-state index is -4.53. The van der Waals surface area contributed by atoms with Gasteiger partial charge in [0.2, 0.25) is 0 Å². The Labute approximate surface area is 108 Å². The van der Waals surface area contributed by atoms with Gasteiger partial charge in [0, 0.05) is 12.6 Å². The molecule has 6 heteroatoms. The van der Waals surface area contributed by atoms with Crippen molar-refractivity contribution < 1.29 is 22.3 Å². The van der Waals surface area contributed by atoms with E-state index in [1.165, 1.54) is 0 Å². The van der Waals surface area contributed by atoms with Gasteiger partial charge in [-0.3, -0.25) is 0 Å². The summed E-state index contributed by atoms with van der Waals surface area (Å²) in [5, 5.41) is 2.86. The largest absolute Gasteiger partial charge is 0.416 e. The van der Waals surface area contributed by atoms with Gasteiger partial charge in [-0.2, -0.15) is 13.2 Å². The van der Waals surface area contributed by atoms with Crippen LogP contribution < -0.4 is 5.32 Å². The Balaban J connectivity index is 2.08. The summed E-state index contributed by atoms with van der Waals surface area (Å²) in [5.74, 6) is -0.903. The van der Waals surface area contributed by atoms with Crippen LogP contribution in [0.3, 0.4) is 0 Å². The zero-order valence-electron chi connectivity index (χ0n) is 10.4. The average Bonchev–Trinajstić information content (AvgIpc) is 2.84. The first kappa shape index (κ1) is 14.1. The van der Waals surface area contributed by atoms with E-state index in [1.807, 2.05) is 6.92 Å². The van der Waals surface area contributed by atoms with Gasteiger partial charge in [0.15, 0.2) is 0 Å². The number of rotatable bonds is 3. The van der Waals surface area contributed by atoms with Crippen molar-refractivity contribution in [3.05, 3.63) is 29.6 Å². The highest BCUT2D eigenvalue weighted by Gasteiger charge is 2.31. The second kappa shape index (κ2) is 5.36. The first-order valence-electron chi connectivity index (χ1n) is 6.13. The van der Waals surface area contributed by atoms with E-state index < -0.39 is 17.6 Å². The van der Waals surface area contributed by atoms with Crippen molar-refractivity contribution in [3.8, 4) is 0 Å². The van der Waals surface area contributed by atoms with E-state index >= 15 is 0 Å². The molecule has 0 aliphatic carbocycles. The summed E-state index contributed by atoms with van der Waals surface area (Å²) >= 11 is 0. The van der Waals surface area contributed by atoms with E-state index in [1.54, 1.807) is 0 Å². The first-order valence-corrected chi connectivity index (χ1v) is 6.13. The maximum Gasteiger partial charge on any atom is 0.416 e. The van der Waals surface area contributed by atoms with Gasteiger partial charge in [-0.25, -0.2) is 4.39 Å². The van der Waals surface area contributed by atoms with Crippen LogP contribution in [-0.4, -0.2) is 18.8 Å². The quantitative estimate of drug-likeness (QED) is 0.848. The molecule has 2 rings (SSSR count). The third kappa shape index (κ3) is 3.37. The van der Waals surface area contributed by atoms with Crippen molar-refractivity contribution in [2.45, 2.75) is 38.1 Å². The number of hydrogen-bond acceptors (Lipinski definition) is 2. The van der Waals surface area contributed by atoms with Gasteiger partial charge in [-0.05, 0) is 38.0 Å². The van der Waals surface area contributed by atoms with Gasteiger partial charge in [0.1, 0.15) is 5.82 Å². The highest BCUT2D eigenvalue weighted by molar-refractivity contribution is 5.47. The highest BCUT2D eigenvalue weighted by atomic mass is 19.4. The van der Waals surface area contributed by atoms with Gasteiger partial charge < -0.3 is 10.1 Å². The molecule has 1 heterocycles. The van der Waals surface area contributed by atoms with Crippen molar-refractivity contribution in [2.75, 3.05) is 11.9 Å². The highest BCUT2D eigenvalue weighted by Crippen LogP contribution is 2.31. The van der Waals surface area contributed by atoms with Crippen LogP contribution in [0.4, 0.5) is 23.2 Å². The number of ether oxygens (including phenoxy) is 1. The SMILES string of the molecule is CC(Nc1ccc(C(F)(F)F)cc1F)C1CCCO1. The fraction of sp³-hybridized carbons (Fsp3) is 0.538. The topological polar surface area (TPSA) is 21.3 Å². The minimum absolute atomic E-state index is 0.0262. The second-order valence-electron chi connectivity index (χ2n) is 4.68. The van der Waals surface area contributed by atoms with Crippen LogP contribution in [0.15, 0.2) is 18.2 Å². The summed E-state index contributed by atoms with van der Waals surface area (Å²) < 4.78 is 56.3. The average molecular weight is 277 g/mol. The predicted octanol–water partition coefficient (Wildman–Crippen LogP) is 3.82. The Kier molecular flexibility index (Phi) is 3.99. The minimum Gasteiger partial charge on any atom is -0.378 e. The van der Waals surface area contributed by atoms with E-state index in [0.29, 0.717) is 12.7 Å². The Morgan fingerprint density at radius 3 is 2.63 bits per heavy atom. The lowest BCUT2D eigenvalue weighted by Crippen LogP contribution is -2.30. The summed E-state index contributed by atoms with van der Waals surface area (Å²) in [6.07, 6.45) is -2.73. The molecule has 2 unspecified atom stereocenters. The van der Waals surface area contributed by atoms with Crippen LogP contribution in [0.5, 0.6) is 0 Å². The number of halogens is 4. The molecule has 0 amide bonds. The van der Waals surface area contributed by atoms with E-state index in [2.05, 4.69) is 5.32 Å². The molecule has 19 heavy (non-hydrogen) atoms. The fourth-order valence-corrected chi connectivity index (χ4v) is 2.14. The smallest absolute Gasteiger partial charge is 0.378 e. The Morgan fingerprint density at radius 2 is 2.11 bits per heavy atom. The Hall–Kier alpha value is -1.30. The zero-order valence-corrected chi connectivity index (χ0v) is 10.4. The number of anilines is 1. The molecule has 1 fully saturated rings. The lowest BCUT2D eigenvalue weighted by atomic mass is 10.1. The number of hydrogen-bond donors (Lipinski definition) is 1. The summed E-state index contributed by atoms with van der Waals surface area (Å²) in [6.45, 7) is 2.50. The molecule has 0 bridgehead atoms. The molecule has 0 spiro atoms. The van der Waals surface area contributed by atoms with Gasteiger partial charge in [0.05, 0.1) is 17.4 Å². The summed E-state index contributed by atoms with van der Waals surface area (Å²) in [7, 11) is 0. The van der Waals surface area contributed by atoms with Gasteiger partial charge in [-0.15, -0.1) is 0 Å². The fourth-order valence-electron chi connectivity index (χ4n) is 2.14. The summed E-state index contributed by atoms with van der Waals surface area (Å²) in [6, 6.07) is 2.34. The van der Waals surface area contributed by atoms with Crippen molar-refractivity contribution in [1.29, 1.82) is 0 Å². The van der Waals surface area contributed by atoms with Crippen molar-refractivity contribution in [1.82, 2.24) is 0 Å². The molecule has 1 N–H and O–H groups in total. The monoisotopic (exact) mass is 277 g/mol. The Morgan fingerprint density at radius 1 is 1.37 bits per heavy atom. The molecule has 0 saturated carbocycles. The third-order valence-corrected chi connectivity index (χ3v) is 3.20. The van der Waals surface area contributed by atoms with Crippen LogP contribution in [0.1, 0.15) is 25.3 Å². The molecule has 0 radical (unpaired) electrons. The molecule has 1 aliphatic rings. The van der Waals surface area contributed by atoms with E-state index in [0.717, 1.165) is 25.0 Å². The zero-order chi connectivity index (χ0) is 14.0. The predicted molar refractivity (Wildman–Crippen MR) is 63.5 cm³/mol. The van der Waals surface area contributed by atoms with Gasteiger partial charge >= 0.3 is 6.18 Å². The first-order chi connectivity index (χ1) is 8.88. The van der Waals surface area contributed by atoms with Gasteiger partial charge in [0.25, 0.3) is 0 Å². The normalized spacial score (nSPS) is 21.4. The van der Waals surface area contributed by atoms with E-state index in [9.17, 15) is 17.6 Å². The molecular formula is C13H15F4NO. The van der Waals surface area contributed by atoms with E-state index in [4.69, 9.17) is 4.74 Å². The van der Waals surface area contributed by atoms with Crippen LogP contribution in [0, 0.1) is 5.82 Å². The molecule has 106 valence electrons. The van der Waals surface area contributed by atoms with Crippen LogP contribution in [0.25, 0.3) is 0 Å². The van der Waals surface area contributed by atoms with Crippen molar-refractivity contribution in [3.63, 3.8) is 0 Å². The summed E-state index contributed by atoms with van der Waals surface area (Å²) in [4.78, 5) is 0. The van der Waals surface area contributed by atoms with Crippen LogP contribution in [-0.2, 0) is 10.9 Å². The lowest BCUT2D eigenvalue weighted by Gasteiger charge is -2.21. The Bertz CT molecular complexity index is 441. The lowest BCUT2D eigenvalue weighted by molar-refractivity contribution is -0.137. The van der Waals surface area contributed by atoms with Gasteiger partial charge in [-0.1, -0.05) is 0 Å². The number of alkyl halides is 3. The molecule has 1 aliphatic heterocycles. The maximum absolute atomic E-state index is 13.6. The van der Waals surface area contributed by atoms with Crippen LogP contribution in [0.2, 0.25) is 0 Å². The van der Waals surface area contributed by atoms with Crippen molar-refractivity contribution >= 4 is 5.69 Å².